The van der Waals surface area contributed by atoms with Crippen molar-refractivity contribution in [2.24, 2.45) is 0 Å². The number of alkyl halides is 2. The van der Waals surface area contributed by atoms with Crippen molar-refractivity contribution in [2.45, 2.75) is 57.2 Å². The number of aromatic nitrogens is 1. The second-order valence-electron chi connectivity index (χ2n) is 14.0. The zero-order chi connectivity index (χ0) is 36.0. The fraction of sp³-hybridized carbons (Fsp3) is 0.308. The topological polar surface area (TPSA) is 54.6 Å². The Kier molecular flexibility index (Phi) is 9.90. The summed E-state index contributed by atoms with van der Waals surface area (Å²) in [5.74, 6) is -5.71. The molecule has 2 heterocycles. The zero-order valence-electron chi connectivity index (χ0n) is 28.5. The molecule has 50 heavy (non-hydrogen) atoms. The number of esters is 1. The van der Waals surface area contributed by atoms with Gasteiger partial charge in [0.1, 0.15) is 11.6 Å². The molecular formula is C39H39BrF4N2O3Si. The van der Waals surface area contributed by atoms with Gasteiger partial charge < -0.3 is 14.1 Å². The number of aromatic amines is 1. The first-order valence-electron chi connectivity index (χ1n) is 16.4. The molecule has 0 amide bonds. The van der Waals surface area contributed by atoms with Crippen molar-refractivity contribution in [2.75, 3.05) is 20.3 Å². The van der Waals surface area contributed by atoms with Crippen LogP contribution in [0.2, 0.25) is 5.04 Å². The molecular weight excluding hydrogens is 728 g/mol. The summed E-state index contributed by atoms with van der Waals surface area (Å²) in [6, 6.07) is 24.5. The van der Waals surface area contributed by atoms with Crippen molar-refractivity contribution in [3.8, 4) is 0 Å². The third kappa shape index (κ3) is 6.56. The summed E-state index contributed by atoms with van der Waals surface area (Å²) in [5, 5.41) is 1.95. The van der Waals surface area contributed by atoms with Crippen LogP contribution in [0.3, 0.4) is 0 Å². The summed E-state index contributed by atoms with van der Waals surface area (Å²) in [4.78, 5) is 17.0. The Morgan fingerprint density at radius 3 is 2.06 bits per heavy atom. The molecule has 5 nitrogen and oxygen atoms in total. The first kappa shape index (κ1) is 36.0. The minimum absolute atomic E-state index is 0.190. The Balaban J connectivity index is 1.43. The Morgan fingerprint density at radius 2 is 1.52 bits per heavy atom. The molecule has 0 bridgehead atoms. The predicted molar refractivity (Wildman–Crippen MR) is 194 cm³/mol. The van der Waals surface area contributed by atoms with Gasteiger partial charge in [-0.25, -0.2) is 22.4 Å². The van der Waals surface area contributed by atoms with Crippen molar-refractivity contribution in [1.82, 2.24) is 9.88 Å². The number of H-pyrrole nitrogens is 1. The first-order chi connectivity index (χ1) is 23.7. The van der Waals surface area contributed by atoms with Gasteiger partial charge in [-0.1, -0.05) is 103 Å². The Morgan fingerprint density at radius 1 is 0.940 bits per heavy atom. The molecule has 1 N–H and O–H groups in total. The highest BCUT2D eigenvalue weighted by atomic mass is 79.9. The number of halogens is 5. The molecule has 4 aromatic carbocycles. The van der Waals surface area contributed by atoms with Crippen molar-refractivity contribution in [3.05, 3.63) is 129 Å². The van der Waals surface area contributed by atoms with E-state index < -0.39 is 62.1 Å². The van der Waals surface area contributed by atoms with E-state index >= 15 is 17.6 Å². The molecule has 1 aromatic heterocycles. The van der Waals surface area contributed by atoms with Gasteiger partial charge in [-0.2, -0.15) is 0 Å². The molecule has 5 aromatic rings. The Bertz CT molecular complexity index is 1950. The van der Waals surface area contributed by atoms with E-state index in [1.54, 1.807) is 25.1 Å². The Hall–Kier alpha value is -3.77. The highest BCUT2D eigenvalue weighted by Crippen LogP contribution is 2.45. The SMILES string of the molecule is COC(=O)c1ccc2c3c([nH]c2c1)[C@@H](c1c(F)cc(Br)cc1F)N(CC(F)(F)CO[Si](c1ccccc1)(c1ccccc1)C(C)(C)C)[C@H](C)C3. The second-order valence-corrected chi connectivity index (χ2v) is 19.2. The molecule has 0 aliphatic carbocycles. The van der Waals surface area contributed by atoms with Gasteiger partial charge in [0.05, 0.1) is 31.9 Å². The maximum atomic E-state index is 16.6. The van der Waals surface area contributed by atoms with E-state index in [4.69, 9.17) is 9.16 Å². The maximum Gasteiger partial charge on any atom is 0.337 e. The van der Waals surface area contributed by atoms with Gasteiger partial charge in [0, 0.05) is 32.7 Å². The lowest BCUT2D eigenvalue weighted by atomic mass is 9.87. The quantitative estimate of drug-likeness (QED) is 0.0929. The standard InChI is InChI=1S/C39H39BrF4N2O3Si/c1-24-18-30-29-17-16-25(37(47)48-5)19-33(29)45-35(30)36(34-31(41)20-26(40)21-32(34)42)46(24)22-39(43,44)23-49-50(38(2,3)4,27-12-8-6-9-13-27)28-14-10-7-11-15-28/h6-17,19-21,24,36,45H,18,22-23H2,1-5H3/t24-,36-/m1/s1. The predicted octanol–water partition coefficient (Wildman–Crippen LogP) is 8.54. The number of fused-ring (bicyclic) bond motifs is 3. The summed E-state index contributed by atoms with van der Waals surface area (Å²) in [6.45, 7) is 6.11. The average Bonchev–Trinajstić information content (AvgIpc) is 3.43. The van der Waals surface area contributed by atoms with E-state index in [1.165, 1.54) is 12.0 Å². The number of nitrogens with zero attached hydrogens (tertiary/aromatic N) is 1. The van der Waals surface area contributed by atoms with Gasteiger partial charge in [-0.15, -0.1) is 0 Å². The van der Waals surface area contributed by atoms with Gasteiger partial charge in [0.2, 0.25) is 0 Å². The lowest BCUT2D eigenvalue weighted by Crippen LogP contribution is -2.67. The number of hydrogen-bond donors (Lipinski definition) is 1. The molecule has 0 spiro atoms. The molecule has 1 aliphatic rings. The normalized spacial score (nSPS) is 17.2. The smallest absolute Gasteiger partial charge is 0.337 e. The van der Waals surface area contributed by atoms with Crippen LogP contribution < -0.4 is 10.4 Å². The number of hydrogen-bond acceptors (Lipinski definition) is 4. The van der Waals surface area contributed by atoms with E-state index in [1.807, 2.05) is 81.4 Å². The molecule has 0 fully saturated rings. The molecule has 2 atom stereocenters. The van der Waals surface area contributed by atoms with E-state index in [0.717, 1.165) is 33.5 Å². The third-order valence-electron chi connectivity index (χ3n) is 9.68. The molecule has 0 radical (unpaired) electrons. The van der Waals surface area contributed by atoms with Gasteiger partial charge >= 0.3 is 5.97 Å². The van der Waals surface area contributed by atoms with Crippen LogP contribution in [0.4, 0.5) is 17.6 Å². The number of benzene rings is 4. The van der Waals surface area contributed by atoms with Crippen LogP contribution in [0, 0.1) is 11.6 Å². The minimum Gasteiger partial charge on any atom is -0.465 e. The fourth-order valence-corrected chi connectivity index (χ4v) is 12.5. The molecule has 0 saturated carbocycles. The average molecular weight is 768 g/mol. The van der Waals surface area contributed by atoms with Crippen LogP contribution in [0.25, 0.3) is 10.9 Å². The summed E-state index contributed by atoms with van der Waals surface area (Å²) in [6.07, 6.45) is 0.328. The second kappa shape index (κ2) is 13.7. The minimum atomic E-state index is -3.43. The van der Waals surface area contributed by atoms with E-state index in [2.05, 4.69) is 20.9 Å². The van der Waals surface area contributed by atoms with Crippen LogP contribution in [-0.4, -0.2) is 56.4 Å². The summed E-state index contributed by atoms with van der Waals surface area (Å²) < 4.78 is 76.6. The van der Waals surface area contributed by atoms with Crippen LogP contribution in [0.5, 0.6) is 0 Å². The summed E-state index contributed by atoms with van der Waals surface area (Å²) >= 11 is 3.15. The Labute approximate surface area is 298 Å². The third-order valence-corrected chi connectivity index (χ3v) is 15.1. The molecule has 262 valence electrons. The van der Waals surface area contributed by atoms with Crippen molar-refractivity contribution in [3.63, 3.8) is 0 Å². The molecule has 0 saturated heterocycles. The number of nitrogens with one attached hydrogen (secondary N) is 1. The first-order valence-corrected chi connectivity index (χ1v) is 19.1. The molecule has 11 heteroatoms. The van der Waals surface area contributed by atoms with Crippen LogP contribution >= 0.6 is 15.9 Å². The number of carbonyl (C=O) groups is 1. The van der Waals surface area contributed by atoms with Gasteiger partial charge in [-0.3, -0.25) is 4.90 Å². The molecule has 0 unspecified atom stereocenters. The number of rotatable bonds is 9. The van der Waals surface area contributed by atoms with Gasteiger partial charge in [0.25, 0.3) is 14.2 Å². The monoisotopic (exact) mass is 766 g/mol. The largest absolute Gasteiger partial charge is 0.465 e. The number of methoxy groups -OCH3 is 1. The molecule has 6 rings (SSSR count). The highest BCUT2D eigenvalue weighted by molar-refractivity contribution is 9.10. The van der Waals surface area contributed by atoms with E-state index in [0.29, 0.717) is 17.6 Å². The number of ether oxygens (including phenoxy) is 1. The van der Waals surface area contributed by atoms with E-state index in [9.17, 15) is 4.79 Å². The summed E-state index contributed by atoms with van der Waals surface area (Å²) in [5.41, 5.74) is 1.62. The maximum absolute atomic E-state index is 16.6. The van der Waals surface area contributed by atoms with Gasteiger partial charge in [0.15, 0.2) is 0 Å². The lowest BCUT2D eigenvalue weighted by molar-refractivity contribution is -0.0825. The molecule has 1 aliphatic heterocycles. The van der Waals surface area contributed by atoms with E-state index in [-0.39, 0.29) is 15.6 Å². The lowest BCUT2D eigenvalue weighted by Gasteiger charge is -2.45. The highest BCUT2D eigenvalue weighted by Gasteiger charge is 2.52. The van der Waals surface area contributed by atoms with Crippen LogP contribution in [0.15, 0.2) is 95.5 Å². The zero-order valence-corrected chi connectivity index (χ0v) is 31.1. The fourth-order valence-electron chi connectivity index (χ4n) is 7.47. The van der Waals surface area contributed by atoms with Crippen molar-refractivity contribution >= 4 is 51.5 Å². The van der Waals surface area contributed by atoms with Crippen molar-refractivity contribution in [1.29, 1.82) is 0 Å². The van der Waals surface area contributed by atoms with Crippen LogP contribution in [0.1, 0.15) is 60.9 Å². The van der Waals surface area contributed by atoms with Crippen molar-refractivity contribution < 1.29 is 31.5 Å². The summed E-state index contributed by atoms with van der Waals surface area (Å²) in [7, 11) is -2.04. The number of carbonyl (C=O) groups excluding carboxylic acids is 1. The van der Waals surface area contributed by atoms with Crippen LogP contribution in [-0.2, 0) is 15.6 Å². The van der Waals surface area contributed by atoms with Gasteiger partial charge in [-0.05, 0) is 58.6 Å².